The number of nitrogens with one attached hydrogen (secondary N) is 2. The third kappa shape index (κ3) is 3.83. The molecule has 1 saturated carbocycles. The Balaban J connectivity index is 1.97. The molecule has 1 aliphatic carbocycles. The number of rotatable bonds is 7. The van der Waals surface area contributed by atoms with Crippen molar-refractivity contribution in [2.75, 3.05) is 17.6 Å². The third-order valence-electron chi connectivity index (χ3n) is 3.33. The van der Waals surface area contributed by atoms with Crippen molar-refractivity contribution in [3.8, 4) is 0 Å². The van der Waals surface area contributed by atoms with Crippen molar-refractivity contribution < 1.29 is 4.79 Å². The summed E-state index contributed by atoms with van der Waals surface area (Å²) in [5.41, 5.74) is 5.80. The highest BCUT2D eigenvalue weighted by atomic mass is 32.1. The first-order valence-electron chi connectivity index (χ1n) is 6.95. The van der Waals surface area contributed by atoms with E-state index in [0.29, 0.717) is 15.8 Å². The SMILES string of the molecule is CCNc1nc(N)c(C(=O)NC(CC)CC2CC2)s1. The second-order valence-corrected chi connectivity index (χ2v) is 6.02. The van der Waals surface area contributed by atoms with Gasteiger partial charge in [-0.2, -0.15) is 0 Å². The molecule has 106 valence electrons. The number of nitrogens with zero attached hydrogens (tertiary/aromatic N) is 1. The van der Waals surface area contributed by atoms with Gasteiger partial charge in [-0.25, -0.2) is 4.98 Å². The Morgan fingerprint density at radius 1 is 1.53 bits per heavy atom. The molecule has 1 atom stereocenters. The number of amides is 1. The molecular weight excluding hydrogens is 260 g/mol. The Kier molecular flexibility index (Phi) is 4.63. The monoisotopic (exact) mass is 282 g/mol. The zero-order valence-electron chi connectivity index (χ0n) is 11.5. The fourth-order valence-corrected chi connectivity index (χ4v) is 2.91. The first-order valence-corrected chi connectivity index (χ1v) is 7.76. The van der Waals surface area contributed by atoms with Crippen LogP contribution in [0.5, 0.6) is 0 Å². The number of hydrogen-bond acceptors (Lipinski definition) is 5. The van der Waals surface area contributed by atoms with Crippen LogP contribution < -0.4 is 16.4 Å². The van der Waals surface area contributed by atoms with Gasteiger partial charge in [0.25, 0.3) is 5.91 Å². The molecule has 1 aromatic rings. The molecule has 1 fully saturated rings. The fourth-order valence-electron chi connectivity index (χ4n) is 2.06. The van der Waals surface area contributed by atoms with E-state index in [-0.39, 0.29) is 11.9 Å². The van der Waals surface area contributed by atoms with Crippen LogP contribution in [0, 0.1) is 5.92 Å². The largest absolute Gasteiger partial charge is 0.382 e. The molecule has 1 amide bonds. The van der Waals surface area contributed by atoms with Crippen LogP contribution in [-0.2, 0) is 0 Å². The molecular formula is C13H22N4OS. The summed E-state index contributed by atoms with van der Waals surface area (Å²) in [6.07, 6.45) is 4.65. The molecule has 1 heterocycles. The number of anilines is 2. The van der Waals surface area contributed by atoms with Crippen LogP contribution in [0.3, 0.4) is 0 Å². The topological polar surface area (TPSA) is 80.0 Å². The van der Waals surface area contributed by atoms with Gasteiger partial charge in [-0.05, 0) is 25.7 Å². The molecule has 0 aromatic carbocycles. The second-order valence-electron chi connectivity index (χ2n) is 5.02. The number of aromatic nitrogens is 1. The predicted molar refractivity (Wildman–Crippen MR) is 79.6 cm³/mol. The molecule has 2 rings (SSSR count). The molecule has 1 aliphatic rings. The van der Waals surface area contributed by atoms with Crippen molar-refractivity contribution >= 4 is 28.2 Å². The van der Waals surface area contributed by atoms with Crippen molar-refractivity contribution in [3.05, 3.63) is 4.88 Å². The molecule has 19 heavy (non-hydrogen) atoms. The Morgan fingerprint density at radius 2 is 2.26 bits per heavy atom. The summed E-state index contributed by atoms with van der Waals surface area (Å²) in [5.74, 6) is 1.03. The highest BCUT2D eigenvalue weighted by Crippen LogP contribution is 2.34. The molecule has 5 nitrogen and oxygen atoms in total. The van der Waals surface area contributed by atoms with Crippen molar-refractivity contribution in [2.24, 2.45) is 5.92 Å². The van der Waals surface area contributed by atoms with Crippen LogP contribution in [0.4, 0.5) is 10.9 Å². The van der Waals surface area contributed by atoms with Crippen molar-refractivity contribution in [1.29, 1.82) is 0 Å². The van der Waals surface area contributed by atoms with E-state index in [9.17, 15) is 4.79 Å². The number of nitrogen functional groups attached to an aromatic ring is 1. The summed E-state index contributed by atoms with van der Waals surface area (Å²) in [4.78, 5) is 16.9. The van der Waals surface area contributed by atoms with Gasteiger partial charge in [0, 0.05) is 12.6 Å². The maximum atomic E-state index is 12.2. The van der Waals surface area contributed by atoms with Gasteiger partial charge in [0.2, 0.25) is 0 Å². The molecule has 0 aliphatic heterocycles. The fraction of sp³-hybridized carbons (Fsp3) is 0.692. The zero-order valence-corrected chi connectivity index (χ0v) is 12.3. The van der Waals surface area contributed by atoms with Gasteiger partial charge in [-0.3, -0.25) is 4.79 Å². The van der Waals surface area contributed by atoms with Crippen LogP contribution in [0.15, 0.2) is 0 Å². The van der Waals surface area contributed by atoms with Gasteiger partial charge >= 0.3 is 0 Å². The smallest absolute Gasteiger partial charge is 0.265 e. The average molecular weight is 282 g/mol. The number of carbonyl (C=O) groups is 1. The predicted octanol–water partition coefficient (Wildman–Crippen LogP) is 2.47. The van der Waals surface area contributed by atoms with E-state index in [1.54, 1.807) is 0 Å². The summed E-state index contributed by atoms with van der Waals surface area (Å²) >= 11 is 1.32. The molecule has 6 heteroatoms. The minimum atomic E-state index is -0.0911. The quantitative estimate of drug-likeness (QED) is 0.717. The van der Waals surface area contributed by atoms with Gasteiger partial charge in [0.15, 0.2) is 5.13 Å². The summed E-state index contributed by atoms with van der Waals surface area (Å²) in [6.45, 7) is 4.86. The van der Waals surface area contributed by atoms with Crippen LogP contribution in [-0.4, -0.2) is 23.5 Å². The van der Waals surface area contributed by atoms with Gasteiger partial charge in [-0.1, -0.05) is 31.1 Å². The van der Waals surface area contributed by atoms with E-state index in [1.165, 1.54) is 24.2 Å². The average Bonchev–Trinajstić information content (AvgIpc) is 3.11. The summed E-state index contributed by atoms with van der Waals surface area (Å²) in [7, 11) is 0. The molecule has 1 unspecified atom stereocenters. The summed E-state index contributed by atoms with van der Waals surface area (Å²) < 4.78 is 0. The van der Waals surface area contributed by atoms with E-state index in [1.807, 2.05) is 6.92 Å². The minimum Gasteiger partial charge on any atom is -0.382 e. The van der Waals surface area contributed by atoms with E-state index in [4.69, 9.17) is 5.73 Å². The molecule has 0 radical (unpaired) electrons. The van der Waals surface area contributed by atoms with Gasteiger partial charge in [0.1, 0.15) is 10.7 Å². The van der Waals surface area contributed by atoms with E-state index >= 15 is 0 Å². The van der Waals surface area contributed by atoms with Gasteiger partial charge in [-0.15, -0.1) is 0 Å². The number of thiazole rings is 1. The first kappa shape index (κ1) is 14.1. The minimum absolute atomic E-state index is 0.0911. The molecule has 0 saturated heterocycles. The zero-order chi connectivity index (χ0) is 13.8. The van der Waals surface area contributed by atoms with Gasteiger partial charge < -0.3 is 16.4 Å². The second kappa shape index (κ2) is 6.23. The maximum Gasteiger partial charge on any atom is 0.265 e. The molecule has 0 spiro atoms. The lowest BCUT2D eigenvalue weighted by molar-refractivity contribution is 0.0937. The lowest BCUT2D eigenvalue weighted by Gasteiger charge is -2.15. The number of hydrogen-bond donors (Lipinski definition) is 3. The lowest BCUT2D eigenvalue weighted by atomic mass is 10.1. The normalized spacial score (nSPS) is 16.1. The van der Waals surface area contributed by atoms with Crippen LogP contribution in [0.1, 0.15) is 49.2 Å². The van der Waals surface area contributed by atoms with Crippen molar-refractivity contribution in [1.82, 2.24) is 10.3 Å². The third-order valence-corrected chi connectivity index (χ3v) is 4.36. The Bertz CT molecular complexity index is 442. The van der Waals surface area contributed by atoms with E-state index < -0.39 is 0 Å². The Labute approximate surface area is 118 Å². The summed E-state index contributed by atoms with van der Waals surface area (Å²) in [6, 6.07) is 0.254. The maximum absolute atomic E-state index is 12.2. The van der Waals surface area contributed by atoms with Crippen molar-refractivity contribution in [2.45, 2.75) is 45.6 Å². The molecule has 1 aromatic heterocycles. The number of nitrogens with two attached hydrogens (primary N) is 1. The van der Waals surface area contributed by atoms with E-state index in [2.05, 4.69) is 22.5 Å². The Hall–Kier alpha value is -1.30. The lowest BCUT2D eigenvalue weighted by Crippen LogP contribution is -2.34. The van der Waals surface area contributed by atoms with E-state index in [0.717, 1.165) is 25.3 Å². The van der Waals surface area contributed by atoms with Gasteiger partial charge in [0.05, 0.1) is 0 Å². The highest BCUT2D eigenvalue weighted by molar-refractivity contribution is 7.18. The van der Waals surface area contributed by atoms with Crippen molar-refractivity contribution in [3.63, 3.8) is 0 Å². The Morgan fingerprint density at radius 3 is 2.84 bits per heavy atom. The van der Waals surface area contributed by atoms with Crippen LogP contribution in [0.2, 0.25) is 0 Å². The van der Waals surface area contributed by atoms with Crippen LogP contribution >= 0.6 is 11.3 Å². The van der Waals surface area contributed by atoms with Crippen LogP contribution in [0.25, 0.3) is 0 Å². The summed E-state index contributed by atoms with van der Waals surface area (Å²) in [5, 5.41) is 6.86. The molecule has 4 N–H and O–H groups in total. The number of carbonyl (C=O) groups excluding carboxylic acids is 1. The highest BCUT2D eigenvalue weighted by Gasteiger charge is 2.26. The standard InChI is InChI=1S/C13H22N4OS/c1-3-9(7-8-5-6-8)16-12(18)10-11(14)17-13(19-10)15-4-2/h8-9H,3-7,14H2,1-2H3,(H,15,17)(H,16,18). The first-order chi connectivity index (χ1) is 9.13. The molecule has 0 bridgehead atoms.